The maximum atomic E-state index is 6.00. The minimum Gasteiger partial charge on any atom is -0.497 e. The fraction of sp³-hybridized carbons (Fsp3) is 0.357. The molecule has 0 amide bonds. The Kier molecular flexibility index (Phi) is 2.70. The first-order valence-corrected chi connectivity index (χ1v) is 6.27. The number of H-pyrrole nitrogens is 1. The second kappa shape index (κ2) is 4.37. The molecule has 0 bridgehead atoms. The van der Waals surface area contributed by atoms with E-state index in [0.717, 1.165) is 16.9 Å². The lowest BCUT2D eigenvalue weighted by Gasteiger charge is -2.25. The summed E-state index contributed by atoms with van der Waals surface area (Å²) in [4.78, 5) is 0. The van der Waals surface area contributed by atoms with Gasteiger partial charge in [-0.25, -0.2) is 0 Å². The number of nitrogens with two attached hydrogens (primary N) is 1. The van der Waals surface area contributed by atoms with Crippen molar-refractivity contribution in [1.82, 2.24) is 10.2 Å². The highest BCUT2D eigenvalue weighted by Crippen LogP contribution is 2.42. The fourth-order valence-electron chi connectivity index (χ4n) is 2.44. The van der Waals surface area contributed by atoms with E-state index in [1.807, 2.05) is 24.3 Å². The van der Waals surface area contributed by atoms with Gasteiger partial charge < -0.3 is 10.5 Å². The van der Waals surface area contributed by atoms with Gasteiger partial charge in [0, 0.05) is 17.2 Å². The van der Waals surface area contributed by atoms with E-state index < -0.39 is 0 Å². The molecule has 1 fully saturated rings. The van der Waals surface area contributed by atoms with E-state index in [1.54, 1.807) is 7.11 Å². The number of aromatic nitrogens is 2. The molecule has 2 aromatic rings. The monoisotopic (exact) mass is 243 g/mol. The van der Waals surface area contributed by atoms with E-state index in [4.69, 9.17) is 10.5 Å². The van der Waals surface area contributed by atoms with Gasteiger partial charge in [-0.1, -0.05) is 18.6 Å². The second-order valence-electron chi connectivity index (χ2n) is 4.76. The first-order chi connectivity index (χ1) is 8.79. The van der Waals surface area contributed by atoms with E-state index in [1.165, 1.54) is 25.0 Å². The molecule has 0 radical (unpaired) electrons. The van der Waals surface area contributed by atoms with Crippen molar-refractivity contribution in [3.63, 3.8) is 0 Å². The van der Waals surface area contributed by atoms with Gasteiger partial charge in [-0.15, -0.1) is 0 Å². The van der Waals surface area contributed by atoms with E-state index in [9.17, 15) is 0 Å². The quantitative estimate of drug-likeness (QED) is 0.871. The Balaban J connectivity index is 2.06. The molecule has 0 saturated heterocycles. The number of anilines is 1. The van der Waals surface area contributed by atoms with Crippen molar-refractivity contribution >= 4 is 5.82 Å². The molecule has 0 unspecified atom stereocenters. The van der Waals surface area contributed by atoms with Gasteiger partial charge in [0.25, 0.3) is 0 Å². The Labute approximate surface area is 106 Å². The number of rotatable bonds is 3. The van der Waals surface area contributed by atoms with Crippen LogP contribution < -0.4 is 10.5 Å². The third-order valence-corrected chi connectivity index (χ3v) is 3.69. The highest BCUT2D eigenvalue weighted by Gasteiger charge is 2.26. The molecule has 1 aliphatic carbocycles. The molecular weight excluding hydrogens is 226 g/mol. The summed E-state index contributed by atoms with van der Waals surface area (Å²) in [5, 5.41) is 7.26. The topological polar surface area (TPSA) is 63.9 Å². The Hall–Kier alpha value is -1.97. The summed E-state index contributed by atoms with van der Waals surface area (Å²) in [7, 11) is 1.67. The van der Waals surface area contributed by atoms with Crippen molar-refractivity contribution in [2.24, 2.45) is 0 Å². The number of aromatic amines is 1. The zero-order valence-corrected chi connectivity index (χ0v) is 10.4. The van der Waals surface area contributed by atoms with Crippen LogP contribution in [0.15, 0.2) is 24.3 Å². The van der Waals surface area contributed by atoms with Gasteiger partial charge in [0.1, 0.15) is 5.75 Å². The smallest absolute Gasteiger partial charge is 0.153 e. The van der Waals surface area contributed by atoms with Crippen molar-refractivity contribution in [1.29, 1.82) is 0 Å². The molecule has 1 aliphatic rings. The first-order valence-electron chi connectivity index (χ1n) is 6.27. The SMILES string of the molecule is COc1cccc(-c2c(N)n[nH]c2C2CCC2)c1. The summed E-state index contributed by atoms with van der Waals surface area (Å²) in [6, 6.07) is 7.96. The molecule has 94 valence electrons. The number of benzene rings is 1. The van der Waals surface area contributed by atoms with E-state index in [2.05, 4.69) is 10.2 Å². The average molecular weight is 243 g/mol. The summed E-state index contributed by atoms with van der Waals surface area (Å²) >= 11 is 0. The van der Waals surface area contributed by atoms with Crippen molar-refractivity contribution in [3.8, 4) is 16.9 Å². The normalized spacial score (nSPS) is 15.4. The lowest BCUT2D eigenvalue weighted by molar-refractivity contribution is 0.411. The zero-order chi connectivity index (χ0) is 12.5. The largest absolute Gasteiger partial charge is 0.497 e. The molecule has 18 heavy (non-hydrogen) atoms. The van der Waals surface area contributed by atoms with Crippen LogP contribution in [0.2, 0.25) is 0 Å². The highest BCUT2D eigenvalue weighted by molar-refractivity contribution is 5.77. The van der Waals surface area contributed by atoms with Gasteiger partial charge in [0.15, 0.2) is 5.82 Å². The first kappa shape index (κ1) is 11.1. The number of hydrogen-bond donors (Lipinski definition) is 2. The number of nitrogen functional groups attached to an aromatic ring is 1. The van der Waals surface area contributed by atoms with Crippen molar-refractivity contribution in [2.45, 2.75) is 25.2 Å². The summed E-state index contributed by atoms with van der Waals surface area (Å²) in [6.07, 6.45) is 3.73. The highest BCUT2D eigenvalue weighted by atomic mass is 16.5. The van der Waals surface area contributed by atoms with Crippen LogP contribution in [0.5, 0.6) is 5.75 Å². The molecule has 4 nitrogen and oxygen atoms in total. The summed E-state index contributed by atoms with van der Waals surface area (Å²) in [5.74, 6) is 1.99. The van der Waals surface area contributed by atoms with Gasteiger partial charge >= 0.3 is 0 Å². The predicted molar refractivity (Wildman–Crippen MR) is 71.6 cm³/mol. The lowest BCUT2D eigenvalue weighted by atomic mass is 9.80. The maximum absolute atomic E-state index is 6.00. The third kappa shape index (κ3) is 1.74. The Morgan fingerprint density at radius 1 is 1.39 bits per heavy atom. The molecule has 1 aromatic carbocycles. The maximum Gasteiger partial charge on any atom is 0.153 e. The molecule has 1 saturated carbocycles. The molecule has 0 aliphatic heterocycles. The molecule has 1 heterocycles. The number of nitrogens with one attached hydrogen (secondary N) is 1. The van der Waals surface area contributed by atoms with Gasteiger partial charge in [-0.05, 0) is 30.5 Å². The number of methoxy groups -OCH3 is 1. The molecule has 0 spiro atoms. The summed E-state index contributed by atoms with van der Waals surface area (Å²) in [6.45, 7) is 0. The van der Waals surface area contributed by atoms with Crippen molar-refractivity contribution < 1.29 is 4.74 Å². The van der Waals surface area contributed by atoms with E-state index >= 15 is 0 Å². The lowest BCUT2D eigenvalue weighted by Crippen LogP contribution is -2.10. The molecule has 3 rings (SSSR count). The number of hydrogen-bond acceptors (Lipinski definition) is 3. The van der Waals surface area contributed by atoms with Gasteiger partial charge in [0.05, 0.1) is 7.11 Å². The molecule has 1 aromatic heterocycles. The van der Waals surface area contributed by atoms with Crippen molar-refractivity contribution in [3.05, 3.63) is 30.0 Å². The van der Waals surface area contributed by atoms with Crippen LogP contribution in [0.3, 0.4) is 0 Å². The number of nitrogens with zero attached hydrogens (tertiary/aromatic N) is 1. The Morgan fingerprint density at radius 2 is 2.22 bits per heavy atom. The van der Waals surface area contributed by atoms with Crippen LogP contribution in [-0.4, -0.2) is 17.3 Å². The standard InChI is InChI=1S/C14H17N3O/c1-18-11-7-3-6-10(8-11)12-13(9-4-2-5-9)16-17-14(12)15/h3,6-9H,2,4-5H2,1H3,(H3,15,16,17). The molecule has 4 heteroatoms. The van der Waals surface area contributed by atoms with Gasteiger partial charge in [0.2, 0.25) is 0 Å². The minimum atomic E-state index is 0.574. The van der Waals surface area contributed by atoms with E-state index in [0.29, 0.717) is 11.7 Å². The second-order valence-corrected chi connectivity index (χ2v) is 4.76. The third-order valence-electron chi connectivity index (χ3n) is 3.69. The molecule has 3 N–H and O–H groups in total. The van der Waals surface area contributed by atoms with Crippen LogP contribution in [0.25, 0.3) is 11.1 Å². The Bertz CT molecular complexity index is 558. The number of ether oxygens (including phenoxy) is 1. The van der Waals surface area contributed by atoms with Crippen LogP contribution >= 0.6 is 0 Å². The van der Waals surface area contributed by atoms with E-state index in [-0.39, 0.29) is 0 Å². The average Bonchev–Trinajstić information content (AvgIpc) is 2.69. The van der Waals surface area contributed by atoms with Gasteiger partial charge in [-0.2, -0.15) is 5.10 Å². The van der Waals surface area contributed by atoms with Crippen LogP contribution in [-0.2, 0) is 0 Å². The minimum absolute atomic E-state index is 0.574. The zero-order valence-electron chi connectivity index (χ0n) is 10.4. The van der Waals surface area contributed by atoms with Crippen LogP contribution in [0.4, 0.5) is 5.82 Å². The van der Waals surface area contributed by atoms with Gasteiger partial charge in [-0.3, -0.25) is 5.10 Å². The Morgan fingerprint density at radius 3 is 2.89 bits per heavy atom. The van der Waals surface area contributed by atoms with Crippen LogP contribution in [0.1, 0.15) is 30.9 Å². The van der Waals surface area contributed by atoms with Crippen molar-refractivity contribution in [2.75, 3.05) is 12.8 Å². The summed E-state index contributed by atoms with van der Waals surface area (Å²) < 4.78 is 5.26. The van der Waals surface area contributed by atoms with Crippen LogP contribution in [0, 0.1) is 0 Å². The predicted octanol–water partition coefficient (Wildman–Crippen LogP) is 2.94. The fourth-order valence-corrected chi connectivity index (χ4v) is 2.44. The summed E-state index contributed by atoms with van der Waals surface area (Å²) in [5.41, 5.74) is 9.28. The molecule has 0 atom stereocenters. The molecular formula is C14H17N3O.